The molecule has 4 fully saturated rings. The number of rotatable bonds is 9. The Bertz CT molecular complexity index is 804. The highest BCUT2D eigenvalue weighted by atomic mass is 16.7. The lowest BCUT2D eigenvalue weighted by Gasteiger charge is -2.66. The predicted octanol–water partition coefficient (Wildman–Crippen LogP) is 2.59. The van der Waals surface area contributed by atoms with E-state index in [0.29, 0.717) is 12.3 Å². The van der Waals surface area contributed by atoms with Gasteiger partial charge < -0.3 is 33.2 Å². The number of esters is 1. The summed E-state index contributed by atoms with van der Waals surface area (Å²) in [5, 5.41) is 0. The molecule has 9 nitrogen and oxygen atoms in total. The number of hydrogen-bond donors (Lipinski definition) is 0. The molecule has 1 spiro atoms. The van der Waals surface area contributed by atoms with Crippen molar-refractivity contribution in [1.82, 2.24) is 0 Å². The number of ketones is 1. The van der Waals surface area contributed by atoms with Crippen molar-refractivity contribution in [2.75, 3.05) is 48.6 Å². The zero-order chi connectivity index (χ0) is 25.6. The van der Waals surface area contributed by atoms with Gasteiger partial charge in [0, 0.05) is 45.0 Å². The average molecular weight is 499 g/mol. The van der Waals surface area contributed by atoms with Gasteiger partial charge in [0.05, 0.1) is 43.4 Å². The van der Waals surface area contributed by atoms with Crippen molar-refractivity contribution < 1.29 is 42.7 Å². The first kappa shape index (κ1) is 26.9. The third-order valence-electron chi connectivity index (χ3n) is 9.97. The lowest BCUT2D eigenvalue weighted by molar-refractivity contribution is -0.288. The number of hydrogen-bond acceptors (Lipinski definition) is 9. The molecule has 4 rings (SSSR count). The lowest BCUT2D eigenvalue weighted by atomic mass is 9.38. The lowest BCUT2D eigenvalue weighted by Crippen LogP contribution is -2.74. The zero-order valence-corrected chi connectivity index (χ0v) is 22.2. The highest BCUT2D eigenvalue weighted by molar-refractivity contribution is 5.89. The molecule has 0 aromatic heterocycles. The molecule has 0 N–H and O–H groups in total. The maximum atomic E-state index is 14.3. The fourth-order valence-corrected chi connectivity index (χ4v) is 8.48. The Hall–Kier alpha value is -1.10. The van der Waals surface area contributed by atoms with Crippen LogP contribution in [0.4, 0.5) is 0 Å². The van der Waals surface area contributed by atoms with Gasteiger partial charge in [-0.1, -0.05) is 13.8 Å². The number of ether oxygens (including phenoxy) is 7. The van der Waals surface area contributed by atoms with Crippen molar-refractivity contribution in [1.29, 1.82) is 0 Å². The summed E-state index contributed by atoms with van der Waals surface area (Å²) >= 11 is 0. The summed E-state index contributed by atoms with van der Waals surface area (Å²) in [5.41, 5.74) is -2.28. The zero-order valence-electron chi connectivity index (χ0n) is 22.2. The van der Waals surface area contributed by atoms with Gasteiger partial charge in [-0.25, -0.2) is 0 Å². The fraction of sp³-hybridized carbons (Fsp3) is 0.923. The maximum absolute atomic E-state index is 14.3. The topological polar surface area (TPSA) is 98.8 Å². The standard InChI is InChI=1S/C26H42O9/c1-15-8-9-19(31-6)24(2)16(15)10-18(27)26-12-35-25(3,17(26)11-20(28)32-7)23(34-14-30-5)21(22(24)26)33-13-29-4/h15-17,19,21-23H,8-14H2,1-7H3/t15-,16+,17+,19-,21-,22-,23+,24-,25+,26-/m1/s1. The molecule has 3 saturated carbocycles. The van der Waals surface area contributed by atoms with Crippen LogP contribution in [0.25, 0.3) is 0 Å². The van der Waals surface area contributed by atoms with Crippen LogP contribution >= 0.6 is 0 Å². The van der Waals surface area contributed by atoms with Gasteiger partial charge in [-0.3, -0.25) is 9.59 Å². The van der Waals surface area contributed by atoms with Crippen LogP contribution in [0.2, 0.25) is 0 Å². The van der Waals surface area contributed by atoms with E-state index in [0.717, 1.165) is 12.8 Å². The number of fused-ring (bicyclic) bond motifs is 3. The van der Waals surface area contributed by atoms with E-state index in [1.54, 1.807) is 21.3 Å². The van der Waals surface area contributed by atoms with E-state index in [1.807, 2.05) is 6.92 Å². The minimum Gasteiger partial charge on any atom is -0.469 e. The van der Waals surface area contributed by atoms with Gasteiger partial charge in [0.2, 0.25) is 0 Å². The van der Waals surface area contributed by atoms with E-state index in [2.05, 4.69) is 13.8 Å². The van der Waals surface area contributed by atoms with Crippen LogP contribution in [0.15, 0.2) is 0 Å². The summed E-state index contributed by atoms with van der Waals surface area (Å²) in [6, 6.07) is 0. The molecule has 2 bridgehead atoms. The Balaban J connectivity index is 1.94. The third-order valence-corrected chi connectivity index (χ3v) is 9.97. The molecule has 4 aliphatic rings. The molecule has 9 heteroatoms. The monoisotopic (exact) mass is 498 g/mol. The first-order valence-corrected chi connectivity index (χ1v) is 12.6. The maximum Gasteiger partial charge on any atom is 0.305 e. The van der Waals surface area contributed by atoms with Crippen molar-refractivity contribution in [3.63, 3.8) is 0 Å². The smallest absolute Gasteiger partial charge is 0.305 e. The molecule has 3 aliphatic carbocycles. The molecule has 0 unspecified atom stereocenters. The number of carbonyl (C=O) groups is 2. The van der Waals surface area contributed by atoms with Crippen LogP contribution in [0.1, 0.15) is 46.5 Å². The van der Waals surface area contributed by atoms with E-state index in [-0.39, 0.29) is 56.3 Å². The van der Waals surface area contributed by atoms with Gasteiger partial charge in [0.25, 0.3) is 0 Å². The number of methoxy groups -OCH3 is 4. The molecule has 0 amide bonds. The van der Waals surface area contributed by atoms with Crippen LogP contribution < -0.4 is 0 Å². The highest BCUT2D eigenvalue weighted by Crippen LogP contribution is 2.71. The van der Waals surface area contributed by atoms with Crippen LogP contribution in [-0.2, 0) is 42.7 Å². The first-order valence-electron chi connectivity index (χ1n) is 12.6. The largest absolute Gasteiger partial charge is 0.469 e. The van der Waals surface area contributed by atoms with Crippen molar-refractivity contribution in [3.05, 3.63) is 0 Å². The summed E-state index contributed by atoms with van der Waals surface area (Å²) in [4.78, 5) is 27.0. The summed E-state index contributed by atoms with van der Waals surface area (Å²) in [5.74, 6) is -0.504. The predicted molar refractivity (Wildman–Crippen MR) is 124 cm³/mol. The van der Waals surface area contributed by atoms with Crippen LogP contribution in [-0.4, -0.2) is 84.3 Å². The molecule has 200 valence electrons. The van der Waals surface area contributed by atoms with E-state index < -0.39 is 34.6 Å². The van der Waals surface area contributed by atoms with Gasteiger partial charge >= 0.3 is 5.97 Å². The van der Waals surface area contributed by atoms with Gasteiger partial charge in [0.15, 0.2) is 0 Å². The Morgan fingerprint density at radius 1 is 1.06 bits per heavy atom. The van der Waals surface area contributed by atoms with Gasteiger partial charge in [-0.15, -0.1) is 0 Å². The second-order valence-corrected chi connectivity index (χ2v) is 11.2. The van der Waals surface area contributed by atoms with E-state index in [4.69, 9.17) is 33.2 Å². The molecule has 35 heavy (non-hydrogen) atoms. The molecule has 1 aliphatic heterocycles. The average Bonchev–Trinajstić information content (AvgIpc) is 3.05. The van der Waals surface area contributed by atoms with Crippen molar-refractivity contribution in [2.45, 2.75) is 70.4 Å². The first-order chi connectivity index (χ1) is 16.7. The quantitative estimate of drug-likeness (QED) is 0.351. The normalized spacial score (nSPS) is 46.7. The molecular weight excluding hydrogens is 456 g/mol. The number of Topliss-reactive ketones (excluding diaryl/α,β-unsaturated/α-hetero) is 1. The summed E-state index contributed by atoms with van der Waals surface area (Å²) < 4.78 is 41.1. The minimum atomic E-state index is -0.955. The fourth-order valence-electron chi connectivity index (χ4n) is 8.48. The van der Waals surface area contributed by atoms with Crippen molar-refractivity contribution >= 4 is 11.8 Å². The molecule has 0 aromatic rings. The Labute approximate surface area is 208 Å². The van der Waals surface area contributed by atoms with E-state index in [9.17, 15) is 9.59 Å². The second-order valence-electron chi connectivity index (χ2n) is 11.2. The van der Waals surface area contributed by atoms with Crippen LogP contribution in [0.5, 0.6) is 0 Å². The molecule has 1 saturated heterocycles. The van der Waals surface area contributed by atoms with Crippen molar-refractivity contribution in [2.24, 2.45) is 34.5 Å². The summed E-state index contributed by atoms with van der Waals surface area (Å²) in [6.07, 6.45) is 1.21. The van der Waals surface area contributed by atoms with Gasteiger partial charge in [0.1, 0.15) is 25.5 Å². The molecule has 0 aromatic carbocycles. The highest BCUT2D eigenvalue weighted by Gasteiger charge is 2.79. The van der Waals surface area contributed by atoms with Crippen molar-refractivity contribution in [3.8, 4) is 0 Å². The molecule has 10 atom stereocenters. The Morgan fingerprint density at radius 3 is 2.37 bits per heavy atom. The second kappa shape index (κ2) is 9.99. The summed E-state index contributed by atoms with van der Waals surface area (Å²) in [6.45, 7) is 6.68. The minimum absolute atomic E-state index is 0.0271. The molecular formula is C26H42O9. The molecule has 0 radical (unpaired) electrons. The van der Waals surface area contributed by atoms with E-state index in [1.165, 1.54) is 7.11 Å². The Morgan fingerprint density at radius 2 is 1.74 bits per heavy atom. The SMILES string of the molecule is COCO[C@H]1[C@H](OCOC)[C@@]2(C)OC[C@]3(C(=O)C[C@H]4[C@H](C)CC[C@@H](OC)[C@]4(C)[C@@H]13)[C@H]2CC(=O)OC. The van der Waals surface area contributed by atoms with Gasteiger partial charge in [-0.05, 0) is 31.6 Å². The third kappa shape index (κ3) is 3.80. The van der Waals surface area contributed by atoms with Crippen LogP contribution in [0, 0.1) is 34.5 Å². The van der Waals surface area contributed by atoms with Gasteiger partial charge in [-0.2, -0.15) is 0 Å². The number of carbonyl (C=O) groups excluding carboxylic acids is 2. The summed E-state index contributed by atoms with van der Waals surface area (Å²) in [7, 11) is 6.26. The van der Waals surface area contributed by atoms with Crippen LogP contribution in [0.3, 0.4) is 0 Å². The molecule has 1 heterocycles. The Kier molecular flexibility index (Phi) is 7.69. The van der Waals surface area contributed by atoms with E-state index >= 15 is 0 Å².